The first-order chi connectivity index (χ1) is 10.1. The lowest BCUT2D eigenvalue weighted by atomic mass is 9.95. The molecule has 1 aliphatic rings. The number of thioether (sulfide) groups is 1. The number of thiocarbonyl (C=S) groups is 1. The summed E-state index contributed by atoms with van der Waals surface area (Å²) in [6.07, 6.45) is 4.25. The Labute approximate surface area is 139 Å². The highest BCUT2D eigenvalue weighted by Crippen LogP contribution is 2.36. The van der Waals surface area contributed by atoms with E-state index in [2.05, 4.69) is 40.8 Å². The third-order valence-corrected chi connectivity index (χ3v) is 7.40. The van der Waals surface area contributed by atoms with Crippen molar-refractivity contribution in [1.29, 1.82) is 0 Å². The molecule has 2 nitrogen and oxygen atoms in total. The van der Waals surface area contributed by atoms with E-state index in [1.54, 1.807) is 0 Å². The van der Waals surface area contributed by atoms with Gasteiger partial charge in [0.05, 0.1) is 9.74 Å². The third kappa shape index (κ3) is 2.97. The van der Waals surface area contributed by atoms with E-state index < -0.39 is 0 Å². The lowest BCUT2D eigenvalue weighted by Crippen LogP contribution is -2.48. The fraction of sp³-hybridized carbons (Fsp3) is 0.438. The van der Waals surface area contributed by atoms with Gasteiger partial charge in [0, 0.05) is 24.3 Å². The Balaban J connectivity index is 1.69. The average molecular weight is 337 g/mol. The first kappa shape index (κ1) is 15.3. The predicted octanol–water partition coefficient (Wildman–Crippen LogP) is 3.89. The summed E-state index contributed by atoms with van der Waals surface area (Å²) < 4.78 is 1.40. The number of nitrogens with two attached hydrogens (primary N) is 1. The van der Waals surface area contributed by atoms with Crippen molar-refractivity contribution in [2.24, 2.45) is 5.73 Å². The minimum absolute atomic E-state index is 0.0164. The van der Waals surface area contributed by atoms with Crippen LogP contribution in [-0.4, -0.2) is 34.0 Å². The summed E-state index contributed by atoms with van der Waals surface area (Å²) in [4.78, 5) is 3.21. The van der Waals surface area contributed by atoms with E-state index in [1.165, 1.54) is 15.6 Å². The highest BCUT2D eigenvalue weighted by molar-refractivity contribution is 8.02. The minimum Gasteiger partial charge on any atom is -0.392 e. The first-order valence-electron chi connectivity index (χ1n) is 7.17. The van der Waals surface area contributed by atoms with Crippen LogP contribution in [0.3, 0.4) is 0 Å². The maximum Gasteiger partial charge on any atom is 0.0891 e. The van der Waals surface area contributed by atoms with Gasteiger partial charge in [0.25, 0.3) is 0 Å². The molecular weight excluding hydrogens is 316 g/mol. The van der Waals surface area contributed by atoms with Gasteiger partial charge in [0.15, 0.2) is 0 Å². The Hall–Kier alpha value is -0.620. The number of benzene rings is 1. The van der Waals surface area contributed by atoms with Crippen LogP contribution in [0, 0.1) is 0 Å². The van der Waals surface area contributed by atoms with Gasteiger partial charge < -0.3 is 5.73 Å². The van der Waals surface area contributed by atoms with Gasteiger partial charge in [-0.3, -0.25) is 4.90 Å². The van der Waals surface area contributed by atoms with Gasteiger partial charge >= 0.3 is 0 Å². The Bertz CT molecular complexity index is 642. The Morgan fingerprint density at radius 2 is 2.10 bits per heavy atom. The number of thiophene rings is 1. The fourth-order valence-electron chi connectivity index (χ4n) is 3.02. The smallest absolute Gasteiger partial charge is 0.0891 e. The zero-order valence-corrected chi connectivity index (χ0v) is 14.6. The average Bonchev–Trinajstić information content (AvgIpc) is 2.91. The normalized spacial score (nSPS) is 18.9. The maximum atomic E-state index is 5.96. The summed E-state index contributed by atoms with van der Waals surface area (Å²) in [5.74, 6) is 0. The topological polar surface area (TPSA) is 29.3 Å². The SMILES string of the molecule is CSC1(C(N)=S)CCN(Cc2csc3ccccc23)CC1. The largest absolute Gasteiger partial charge is 0.392 e. The van der Waals surface area contributed by atoms with Gasteiger partial charge in [-0.15, -0.1) is 11.3 Å². The maximum absolute atomic E-state index is 5.96. The molecule has 3 rings (SSSR count). The van der Waals surface area contributed by atoms with E-state index in [0.29, 0.717) is 4.99 Å². The van der Waals surface area contributed by atoms with Crippen LogP contribution in [-0.2, 0) is 6.54 Å². The second-order valence-electron chi connectivity index (χ2n) is 5.60. The fourth-order valence-corrected chi connectivity index (χ4v) is 5.22. The van der Waals surface area contributed by atoms with Crippen LogP contribution in [0.25, 0.3) is 10.1 Å². The molecule has 0 spiro atoms. The molecule has 1 saturated heterocycles. The number of fused-ring (bicyclic) bond motifs is 1. The molecule has 1 aliphatic heterocycles. The summed E-state index contributed by atoms with van der Waals surface area (Å²) in [7, 11) is 0. The van der Waals surface area contributed by atoms with Crippen LogP contribution in [0.15, 0.2) is 29.6 Å². The summed E-state index contributed by atoms with van der Waals surface area (Å²) in [6, 6.07) is 8.66. The molecule has 2 aromatic rings. The second-order valence-corrected chi connectivity index (χ2v) is 8.14. The summed E-state index contributed by atoms with van der Waals surface area (Å²) in [5, 5.41) is 3.70. The van der Waals surface area contributed by atoms with Crippen molar-refractivity contribution < 1.29 is 0 Å². The minimum atomic E-state index is 0.0164. The summed E-state index contributed by atoms with van der Waals surface area (Å²) in [5.41, 5.74) is 7.41. The summed E-state index contributed by atoms with van der Waals surface area (Å²) in [6.45, 7) is 3.18. The molecule has 0 bridgehead atoms. The molecule has 0 radical (unpaired) electrons. The lowest BCUT2D eigenvalue weighted by Gasteiger charge is -2.40. The number of hydrogen-bond acceptors (Lipinski definition) is 4. The monoisotopic (exact) mass is 336 g/mol. The number of nitrogens with zero attached hydrogens (tertiary/aromatic N) is 1. The van der Waals surface area contributed by atoms with Crippen LogP contribution in [0.4, 0.5) is 0 Å². The quantitative estimate of drug-likeness (QED) is 0.858. The molecule has 0 saturated carbocycles. The van der Waals surface area contributed by atoms with E-state index in [1.807, 2.05) is 23.1 Å². The van der Waals surface area contributed by atoms with Crippen LogP contribution in [0.2, 0.25) is 0 Å². The van der Waals surface area contributed by atoms with Crippen LogP contribution in [0.5, 0.6) is 0 Å². The standard InChI is InChI=1S/C16H20N2S3/c1-20-16(15(17)19)6-8-18(9-7-16)10-12-11-21-14-5-3-2-4-13(12)14/h2-5,11H,6-10H2,1H3,(H2,17,19). The van der Waals surface area contributed by atoms with Gasteiger partial charge in [-0.1, -0.05) is 30.4 Å². The molecule has 5 heteroatoms. The van der Waals surface area contributed by atoms with Crippen molar-refractivity contribution in [3.05, 3.63) is 35.2 Å². The highest BCUT2D eigenvalue weighted by Gasteiger charge is 2.36. The Kier molecular flexibility index (Phi) is 4.54. The predicted molar refractivity (Wildman–Crippen MR) is 99.4 cm³/mol. The lowest BCUT2D eigenvalue weighted by molar-refractivity contribution is 0.213. The van der Waals surface area contributed by atoms with Crippen LogP contribution < -0.4 is 5.73 Å². The van der Waals surface area contributed by atoms with Crippen molar-refractivity contribution in [1.82, 2.24) is 4.90 Å². The zero-order chi connectivity index (χ0) is 14.9. The molecule has 0 atom stereocenters. The molecule has 1 aromatic carbocycles. The van der Waals surface area contributed by atoms with Crippen molar-refractivity contribution >= 4 is 50.4 Å². The summed E-state index contributed by atoms with van der Waals surface area (Å²) >= 11 is 8.95. The van der Waals surface area contributed by atoms with E-state index >= 15 is 0 Å². The van der Waals surface area contributed by atoms with Crippen molar-refractivity contribution in [2.75, 3.05) is 19.3 Å². The van der Waals surface area contributed by atoms with Gasteiger partial charge in [0.1, 0.15) is 0 Å². The van der Waals surface area contributed by atoms with Gasteiger partial charge in [-0.2, -0.15) is 11.8 Å². The van der Waals surface area contributed by atoms with Gasteiger partial charge in [-0.05, 0) is 41.5 Å². The van der Waals surface area contributed by atoms with Crippen LogP contribution in [0.1, 0.15) is 18.4 Å². The van der Waals surface area contributed by atoms with Gasteiger partial charge in [-0.25, -0.2) is 0 Å². The molecule has 112 valence electrons. The zero-order valence-electron chi connectivity index (χ0n) is 12.2. The first-order valence-corrected chi connectivity index (χ1v) is 9.68. The molecule has 21 heavy (non-hydrogen) atoms. The van der Waals surface area contributed by atoms with E-state index in [9.17, 15) is 0 Å². The van der Waals surface area contributed by atoms with Gasteiger partial charge in [0.2, 0.25) is 0 Å². The number of rotatable bonds is 4. The molecule has 1 aromatic heterocycles. The molecule has 0 unspecified atom stereocenters. The Morgan fingerprint density at radius 1 is 1.38 bits per heavy atom. The highest BCUT2D eigenvalue weighted by atomic mass is 32.2. The molecule has 0 aliphatic carbocycles. The number of piperidine rings is 1. The van der Waals surface area contributed by atoms with Crippen molar-refractivity contribution in [2.45, 2.75) is 24.1 Å². The Morgan fingerprint density at radius 3 is 2.76 bits per heavy atom. The molecule has 0 amide bonds. The van der Waals surface area contributed by atoms with E-state index in [4.69, 9.17) is 18.0 Å². The molecule has 1 fully saturated rings. The number of hydrogen-bond donors (Lipinski definition) is 1. The molecular formula is C16H20N2S3. The number of likely N-dealkylation sites (tertiary alicyclic amines) is 1. The molecule has 2 heterocycles. The van der Waals surface area contributed by atoms with Crippen molar-refractivity contribution in [3.63, 3.8) is 0 Å². The second kappa shape index (κ2) is 6.24. The van der Waals surface area contributed by atoms with E-state index in [-0.39, 0.29) is 4.75 Å². The third-order valence-electron chi connectivity index (χ3n) is 4.46. The van der Waals surface area contributed by atoms with Crippen LogP contribution >= 0.6 is 35.3 Å². The van der Waals surface area contributed by atoms with E-state index in [0.717, 1.165) is 32.5 Å². The van der Waals surface area contributed by atoms with Crippen molar-refractivity contribution in [3.8, 4) is 0 Å². The molecule has 2 N–H and O–H groups in total.